The van der Waals surface area contributed by atoms with Gasteiger partial charge in [-0.1, -0.05) is 99.7 Å². The molecule has 0 heterocycles. The number of hydrogen-bond donors (Lipinski definition) is 0. The maximum Gasteiger partial charge on any atom is 0.137 e. The van der Waals surface area contributed by atoms with Gasteiger partial charge in [-0.05, 0) is 128 Å². The highest BCUT2D eigenvalue weighted by Crippen LogP contribution is 2.48. The minimum absolute atomic E-state index is 0.332. The van der Waals surface area contributed by atoms with E-state index in [1.165, 1.54) is 0 Å². The van der Waals surface area contributed by atoms with Crippen LogP contribution in [0.4, 0.5) is 0 Å². The van der Waals surface area contributed by atoms with E-state index in [2.05, 4.69) is 139 Å². The molecule has 270 valence electrons. The molecule has 0 amide bonds. The van der Waals surface area contributed by atoms with Crippen molar-refractivity contribution in [1.29, 1.82) is 0 Å². The fraction of sp³-hybridized carbons (Fsp3) is 0.130. The van der Waals surface area contributed by atoms with Crippen LogP contribution in [0.25, 0.3) is 22.3 Å². The molecular weight excluding hydrogens is 886 g/mol. The van der Waals surface area contributed by atoms with Gasteiger partial charge in [-0.2, -0.15) is 0 Å². The second-order valence-electron chi connectivity index (χ2n) is 11.8. The van der Waals surface area contributed by atoms with E-state index in [4.69, 9.17) is 23.7 Å². The lowest BCUT2D eigenvalue weighted by atomic mass is 9.81. The van der Waals surface area contributed by atoms with Crippen LogP contribution < -0.4 is 23.7 Å². The van der Waals surface area contributed by atoms with Gasteiger partial charge in [0.2, 0.25) is 0 Å². The largest absolute Gasteiger partial charge is 0.490 e. The lowest BCUT2D eigenvalue weighted by Crippen LogP contribution is -2.12. The molecular formula is C46H42I2O5. The van der Waals surface area contributed by atoms with Crippen molar-refractivity contribution in [1.82, 2.24) is 0 Å². The summed E-state index contributed by atoms with van der Waals surface area (Å²) >= 11 is 4.73. The van der Waals surface area contributed by atoms with Gasteiger partial charge >= 0.3 is 0 Å². The molecule has 0 N–H and O–H groups in total. The third kappa shape index (κ3) is 10.2. The molecule has 0 fully saturated rings. The van der Waals surface area contributed by atoms with Gasteiger partial charge < -0.3 is 23.7 Å². The molecule has 0 aliphatic heterocycles. The highest BCUT2D eigenvalue weighted by molar-refractivity contribution is 14.1. The Kier molecular flexibility index (Phi) is 14.8. The molecule has 0 saturated heterocycles. The zero-order valence-electron chi connectivity index (χ0n) is 29.6. The van der Waals surface area contributed by atoms with E-state index in [0.717, 1.165) is 74.8 Å². The first-order valence-electron chi connectivity index (χ1n) is 17.1. The van der Waals surface area contributed by atoms with Gasteiger partial charge in [0.25, 0.3) is 0 Å². The summed E-state index contributed by atoms with van der Waals surface area (Å²) < 4.78 is 32.9. The number of halogens is 2. The first-order valence-corrected chi connectivity index (χ1v) is 19.2. The Labute approximate surface area is 340 Å². The molecule has 0 bridgehead atoms. The number of hydrogen-bond acceptors (Lipinski definition) is 5. The zero-order valence-corrected chi connectivity index (χ0v) is 33.9. The standard InChI is InChI=1S/C46H42I2O5/c1-6-23-49-37-17-11-32(12-18-37)34-15-21-43(51-25-8-3)39(28-34)45(41-30-36(47)31-42(48)46(41)53-27-10-5)40-29-35(16-22-44(40)52-26-9-4)33-13-19-38(20-14-33)50-24-7-2/h6-22,28-31,45H,1-5,23-27H2. The van der Waals surface area contributed by atoms with E-state index in [9.17, 15) is 0 Å². The van der Waals surface area contributed by atoms with E-state index in [0.29, 0.717) is 33.0 Å². The third-order valence-electron chi connectivity index (χ3n) is 8.16. The number of ether oxygens (including phenoxy) is 5. The van der Waals surface area contributed by atoms with E-state index in [-0.39, 0.29) is 0 Å². The molecule has 5 nitrogen and oxygen atoms in total. The molecule has 5 aromatic carbocycles. The van der Waals surface area contributed by atoms with Crippen LogP contribution in [0, 0.1) is 7.14 Å². The van der Waals surface area contributed by atoms with Gasteiger partial charge in [-0.3, -0.25) is 0 Å². The van der Waals surface area contributed by atoms with Gasteiger partial charge in [0.05, 0.1) is 3.57 Å². The summed E-state index contributed by atoms with van der Waals surface area (Å²) in [6.45, 7) is 21.2. The minimum Gasteiger partial charge on any atom is -0.490 e. The van der Waals surface area contributed by atoms with Crippen molar-refractivity contribution in [2.24, 2.45) is 0 Å². The van der Waals surface area contributed by atoms with E-state index in [1.807, 2.05) is 36.4 Å². The Morgan fingerprint density at radius 3 is 1.26 bits per heavy atom. The highest BCUT2D eigenvalue weighted by atomic mass is 127. The normalized spacial score (nSPS) is 10.6. The molecule has 0 aromatic heterocycles. The molecule has 0 aliphatic rings. The Morgan fingerprint density at radius 2 is 0.830 bits per heavy atom. The van der Waals surface area contributed by atoms with Crippen molar-refractivity contribution < 1.29 is 23.7 Å². The Morgan fingerprint density at radius 1 is 0.434 bits per heavy atom. The number of rotatable bonds is 20. The Balaban J connectivity index is 1.80. The third-order valence-corrected chi connectivity index (χ3v) is 9.58. The molecule has 5 aromatic rings. The topological polar surface area (TPSA) is 46.2 Å². The van der Waals surface area contributed by atoms with Crippen molar-refractivity contribution in [3.63, 3.8) is 0 Å². The Hall–Kier alpha value is -4.74. The van der Waals surface area contributed by atoms with Crippen LogP contribution in [-0.4, -0.2) is 33.0 Å². The predicted molar refractivity (Wildman–Crippen MR) is 235 cm³/mol. The lowest BCUT2D eigenvalue weighted by molar-refractivity contribution is 0.347. The first kappa shape index (κ1) is 39.5. The van der Waals surface area contributed by atoms with Crippen LogP contribution in [0.1, 0.15) is 22.6 Å². The second-order valence-corrected chi connectivity index (χ2v) is 14.2. The van der Waals surface area contributed by atoms with E-state index < -0.39 is 5.92 Å². The van der Waals surface area contributed by atoms with Gasteiger partial charge in [0.1, 0.15) is 61.8 Å². The SMILES string of the molecule is C=CCOc1ccc(-c2ccc(OCC=C)c(C(c3cc(-c4ccc(OCC=C)cc4)ccc3OCC=C)c3cc(I)cc(I)c3OCC=C)c2)cc1. The summed E-state index contributed by atoms with van der Waals surface area (Å²) in [4.78, 5) is 0. The fourth-order valence-corrected chi connectivity index (χ4v) is 7.90. The second kappa shape index (κ2) is 19.9. The smallest absolute Gasteiger partial charge is 0.137 e. The minimum atomic E-state index is -0.400. The number of benzene rings is 5. The average molecular weight is 929 g/mol. The summed E-state index contributed by atoms with van der Waals surface area (Å²) in [6, 6.07) is 33.0. The molecule has 0 radical (unpaired) electrons. The van der Waals surface area contributed by atoms with E-state index in [1.54, 1.807) is 30.4 Å². The lowest BCUT2D eigenvalue weighted by Gasteiger charge is -2.27. The van der Waals surface area contributed by atoms with E-state index >= 15 is 0 Å². The molecule has 0 aliphatic carbocycles. The maximum atomic E-state index is 6.47. The maximum absolute atomic E-state index is 6.47. The van der Waals surface area contributed by atoms with Crippen LogP contribution in [0.15, 0.2) is 160 Å². The molecule has 5 rings (SSSR count). The average Bonchev–Trinajstić information content (AvgIpc) is 3.18. The van der Waals surface area contributed by atoms with Crippen LogP contribution in [0.3, 0.4) is 0 Å². The summed E-state index contributed by atoms with van der Waals surface area (Å²) in [6.07, 6.45) is 8.73. The molecule has 7 heteroatoms. The predicted octanol–water partition coefficient (Wildman–Crippen LogP) is 12.2. The Bertz CT molecular complexity index is 1940. The van der Waals surface area contributed by atoms with Gasteiger partial charge in [-0.15, -0.1) is 0 Å². The fourth-order valence-electron chi connectivity index (χ4n) is 5.86. The van der Waals surface area contributed by atoms with Crippen molar-refractivity contribution in [3.8, 4) is 51.0 Å². The summed E-state index contributed by atoms with van der Waals surface area (Å²) in [5.41, 5.74) is 6.92. The zero-order chi connectivity index (χ0) is 37.6. The summed E-state index contributed by atoms with van der Waals surface area (Å²) in [7, 11) is 0. The van der Waals surface area contributed by atoms with Crippen molar-refractivity contribution in [3.05, 3.63) is 184 Å². The van der Waals surface area contributed by atoms with Gasteiger partial charge in [0, 0.05) is 26.2 Å². The molecule has 0 unspecified atom stereocenters. The van der Waals surface area contributed by atoms with Crippen LogP contribution in [0.5, 0.6) is 28.7 Å². The van der Waals surface area contributed by atoms with Crippen LogP contribution in [-0.2, 0) is 0 Å². The van der Waals surface area contributed by atoms with Gasteiger partial charge in [0.15, 0.2) is 0 Å². The quantitative estimate of drug-likeness (QED) is 0.0442. The summed E-state index contributed by atoms with van der Waals surface area (Å²) in [5, 5.41) is 0. The molecule has 53 heavy (non-hydrogen) atoms. The van der Waals surface area contributed by atoms with Crippen LogP contribution >= 0.6 is 45.2 Å². The highest BCUT2D eigenvalue weighted by Gasteiger charge is 2.30. The van der Waals surface area contributed by atoms with Crippen LogP contribution in [0.2, 0.25) is 0 Å². The van der Waals surface area contributed by atoms with Crippen molar-refractivity contribution in [2.75, 3.05) is 33.0 Å². The molecule has 0 atom stereocenters. The molecule has 0 spiro atoms. The first-order chi connectivity index (χ1) is 25.9. The summed E-state index contributed by atoms with van der Waals surface area (Å²) in [5.74, 6) is 3.35. The monoisotopic (exact) mass is 928 g/mol. The van der Waals surface area contributed by atoms with Gasteiger partial charge in [-0.25, -0.2) is 0 Å². The van der Waals surface area contributed by atoms with Crippen molar-refractivity contribution >= 4 is 45.2 Å². The molecule has 0 saturated carbocycles. The van der Waals surface area contributed by atoms with Crippen molar-refractivity contribution in [2.45, 2.75) is 5.92 Å².